The molecule has 3 aromatic rings. The van der Waals surface area contributed by atoms with Gasteiger partial charge in [-0.1, -0.05) is 41.4 Å². The van der Waals surface area contributed by atoms with Gasteiger partial charge in [0.15, 0.2) is 11.5 Å². The molecule has 1 aliphatic heterocycles. The molecule has 1 unspecified atom stereocenters. The van der Waals surface area contributed by atoms with Gasteiger partial charge in [-0.15, -0.1) is 0 Å². The zero-order valence-electron chi connectivity index (χ0n) is 18.3. The molecule has 35 heavy (non-hydrogen) atoms. The van der Waals surface area contributed by atoms with Crippen molar-refractivity contribution < 1.29 is 33.0 Å². The Hall–Kier alpha value is -3.62. The van der Waals surface area contributed by atoms with Crippen molar-refractivity contribution in [3.05, 3.63) is 93.0 Å². The summed E-state index contributed by atoms with van der Waals surface area (Å²) in [6.45, 7) is 0. The average molecular weight is 520 g/mol. The monoisotopic (exact) mass is 519 g/mol. The Balaban J connectivity index is 2.03. The highest BCUT2D eigenvalue weighted by molar-refractivity contribution is 6.52. The average Bonchev–Trinajstić information content (AvgIpc) is 3.09. The van der Waals surface area contributed by atoms with Crippen LogP contribution in [0.15, 0.2) is 60.2 Å². The number of aliphatic hydroxyl groups is 1. The van der Waals surface area contributed by atoms with Gasteiger partial charge in [0, 0.05) is 11.3 Å². The first-order valence-electron chi connectivity index (χ1n) is 10.1. The second kappa shape index (κ2) is 9.56. The summed E-state index contributed by atoms with van der Waals surface area (Å²) in [6, 6.07) is 10.1. The van der Waals surface area contributed by atoms with Crippen LogP contribution >= 0.6 is 23.2 Å². The van der Waals surface area contributed by atoms with E-state index in [2.05, 4.69) is 0 Å². The minimum atomic E-state index is -1.38. The summed E-state index contributed by atoms with van der Waals surface area (Å²) < 4.78 is 39.0. The van der Waals surface area contributed by atoms with Crippen LogP contribution < -0.4 is 14.4 Å². The molecule has 10 heteroatoms. The molecule has 1 saturated heterocycles. The third kappa shape index (κ3) is 4.09. The van der Waals surface area contributed by atoms with Gasteiger partial charge in [0.1, 0.15) is 22.4 Å². The van der Waals surface area contributed by atoms with Crippen molar-refractivity contribution in [3.63, 3.8) is 0 Å². The number of amides is 1. The van der Waals surface area contributed by atoms with Gasteiger partial charge in [-0.25, -0.2) is 8.78 Å². The smallest absolute Gasteiger partial charge is 0.300 e. The Morgan fingerprint density at radius 2 is 1.60 bits per heavy atom. The summed E-state index contributed by atoms with van der Waals surface area (Å²) >= 11 is 12.6. The van der Waals surface area contributed by atoms with Gasteiger partial charge in [-0.2, -0.15) is 0 Å². The molecule has 0 aromatic heterocycles. The van der Waals surface area contributed by atoms with Gasteiger partial charge in [-0.05, 0) is 36.4 Å². The maximum Gasteiger partial charge on any atom is 0.300 e. The molecule has 6 nitrogen and oxygen atoms in total. The van der Waals surface area contributed by atoms with E-state index in [1.165, 1.54) is 50.6 Å². The molecule has 4 rings (SSSR count). The lowest BCUT2D eigenvalue weighted by atomic mass is 9.94. The molecular formula is C25H17Cl2F2NO5. The summed E-state index contributed by atoms with van der Waals surface area (Å²) in [5.74, 6) is -4.13. The van der Waals surface area contributed by atoms with Gasteiger partial charge in [0.05, 0.1) is 36.4 Å². The van der Waals surface area contributed by atoms with E-state index in [1.807, 2.05) is 0 Å². The summed E-state index contributed by atoms with van der Waals surface area (Å²) in [4.78, 5) is 27.3. The normalized spacial score (nSPS) is 17.1. The number of ketones is 1. The van der Waals surface area contributed by atoms with E-state index in [1.54, 1.807) is 0 Å². The second-order valence-electron chi connectivity index (χ2n) is 7.45. The first kappa shape index (κ1) is 24.5. The van der Waals surface area contributed by atoms with Crippen LogP contribution in [-0.4, -0.2) is 31.0 Å². The Labute approximate surface area is 208 Å². The number of nitrogens with zero attached hydrogens (tertiary/aromatic N) is 1. The molecule has 1 aliphatic rings. The van der Waals surface area contributed by atoms with Crippen LogP contribution in [-0.2, 0) is 9.59 Å². The SMILES string of the molecule is COc1c(Cl)cc(/C(O)=C2\C(=O)C(=O)N(c3ccc(F)cc3)C2c2ccccc2F)c(OC)c1Cl. The fraction of sp³-hybridized carbons (Fsp3) is 0.120. The number of hydrogen-bond acceptors (Lipinski definition) is 5. The number of carbonyl (C=O) groups excluding carboxylic acids is 2. The van der Waals surface area contributed by atoms with Crippen LogP contribution in [0.2, 0.25) is 10.0 Å². The van der Waals surface area contributed by atoms with Crippen LogP contribution in [0.3, 0.4) is 0 Å². The zero-order chi connectivity index (χ0) is 25.4. The number of rotatable bonds is 5. The van der Waals surface area contributed by atoms with Crippen LogP contribution in [0.1, 0.15) is 17.2 Å². The minimum Gasteiger partial charge on any atom is -0.507 e. The number of ether oxygens (including phenoxy) is 2. The molecule has 0 radical (unpaired) electrons. The number of Topliss-reactive ketones (excluding diaryl/α,β-unsaturated/α-hetero) is 1. The van der Waals surface area contributed by atoms with Crippen LogP contribution in [0.25, 0.3) is 5.76 Å². The van der Waals surface area contributed by atoms with Crippen molar-refractivity contribution in [1.82, 2.24) is 0 Å². The third-order valence-corrected chi connectivity index (χ3v) is 6.17. The first-order chi connectivity index (χ1) is 16.7. The van der Waals surface area contributed by atoms with Crippen molar-refractivity contribution in [3.8, 4) is 11.5 Å². The van der Waals surface area contributed by atoms with Gasteiger partial charge in [-0.3, -0.25) is 14.5 Å². The number of benzene rings is 3. The van der Waals surface area contributed by atoms with E-state index < -0.39 is 40.7 Å². The lowest BCUT2D eigenvalue weighted by Gasteiger charge is -2.26. The molecule has 3 aromatic carbocycles. The Bertz CT molecular complexity index is 1380. The van der Waals surface area contributed by atoms with E-state index in [9.17, 15) is 23.5 Å². The molecule has 0 saturated carbocycles. The quantitative estimate of drug-likeness (QED) is 0.257. The fourth-order valence-corrected chi connectivity index (χ4v) is 4.67. The lowest BCUT2D eigenvalue weighted by molar-refractivity contribution is -0.132. The summed E-state index contributed by atoms with van der Waals surface area (Å²) in [6.07, 6.45) is 0. The summed E-state index contributed by atoms with van der Waals surface area (Å²) in [5, 5.41) is 11.2. The van der Waals surface area contributed by atoms with Gasteiger partial charge >= 0.3 is 0 Å². The molecule has 0 aliphatic carbocycles. The summed E-state index contributed by atoms with van der Waals surface area (Å²) in [7, 11) is 2.61. The predicted octanol–water partition coefficient (Wildman–Crippen LogP) is 5.92. The Morgan fingerprint density at radius 1 is 0.971 bits per heavy atom. The number of anilines is 1. The van der Waals surface area contributed by atoms with E-state index in [4.69, 9.17) is 32.7 Å². The minimum absolute atomic E-state index is 0.00458. The molecule has 1 fully saturated rings. The fourth-order valence-electron chi connectivity index (χ4n) is 3.98. The van der Waals surface area contributed by atoms with Gasteiger partial charge in [0.25, 0.3) is 11.7 Å². The highest BCUT2D eigenvalue weighted by Crippen LogP contribution is 2.48. The maximum absolute atomic E-state index is 15.0. The number of carbonyl (C=O) groups is 2. The molecule has 0 spiro atoms. The Morgan fingerprint density at radius 3 is 2.20 bits per heavy atom. The van der Waals surface area contributed by atoms with E-state index in [0.29, 0.717) is 0 Å². The number of hydrogen-bond donors (Lipinski definition) is 1. The van der Waals surface area contributed by atoms with Crippen molar-refractivity contribution in [1.29, 1.82) is 0 Å². The van der Waals surface area contributed by atoms with Crippen LogP contribution in [0, 0.1) is 11.6 Å². The molecule has 1 N–H and O–H groups in total. The van der Waals surface area contributed by atoms with Crippen LogP contribution in [0.5, 0.6) is 11.5 Å². The van der Waals surface area contributed by atoms with Crippen molar-refractivity contribution in [2.75, 3.05) is 19.1 Å². The van der Waals surface area contributed by atoms with Gasteiger partial charge < -0.3 is 14.6 Å². The predicted molar refractivity (Wildman–Crippen MR) is 127 cm³/mol. The standard InChI is InChI=1S/C25H17Cl2F2NO5/c1-34-23-15(11-16(26)24(35-2)19(23)27)21(31)18-20(14-5-3-4-6-17(14)29)30(25(33)22(18)32)13-9-7-12(28)8-10-13/h3-11,20,31H,1-2H3/b21-18+. The van der Waals surface area contributed by atoms with E-state index in [-0.39, 0.29) is 38.4 Å². The third-order valence-electron chi connectivity index (χ3n) is 5.54. The highest BCUT2D eigenvalue weighted by atomic mass is 35.5. The molecule has 0 bridgehead atoms. The van der Waals surface area contributed by atoms with E-state index in [0.717, 1.165) is 23.1 Å². The first-order valence-corrected chi connectivity index (χ1v) is 10.9. The maximum atomic E-state index is 15.0. The van der Waals surface area contributed by atoms with Crippen LogP contribution in [0.4, 0.5) is 14.5 Å². The zero-order valence-corrected chi connectivity index (χ0v) is 19.8. The van der Waals surface area contributed by atoms with Crippen molar-refractivity contribution >= 4 is 46.3 Å². The molecule has 1 heterocycles. The van der Waals surface area contributed by atoms with Crippen molar-refractivity contribution in [2.45, 2.75) is 6.04 Å². The summed E-state index contributed by atoms with van der Waals surface area (Å²) in [5.41, 5.74) is -0.484. The molecule has 180 valence electrons. The number of aliphatic hydroxyl groups excluding tert-OH is 1. The highest BCUT2D eigenvalue weighted by Gasteiger charge is 2.48. The largest absolute Gasteiger partial charge is 0.507 e. The van der Waals surface area contributed by atoms with Gasteiger partial charge in [0.2, 0.25) is 0 Å². The van der Waals surface area contributed by atoms with Crippen molar-refractivity contribution in [2.24, 2.45) is 0 Å². The van der Waals surface area contributed by atoms with E-state index >= 15 is 0 Å². The lowest BCUT2D eigenvalue weighted by Crippen LogP contribution is -2.29. The number of halogens is 4. The second-order valence-corrected chi connectivity index (χ2v) is 8.24. The Kier molecular flexibility index (Phi) is 6.69. The topological polar surface area (TPSA) is 76.1 Å². The number of methoxy groups -OCH3 is 2. The molecule has 1 atom stereocenters. The molecular weight excluding hydrogens is 503 g/mol. The molecule has 1 amide bonds.